The van der Waals surface area contributed by atoms with Gasteiger partial charge in [-0.05, 0) is 5.56 Å². The molecule has 0 aliphatic carbocycles. The van der Waals surface area contributed by atoms with Crippen LogP contribution in [0.3, 0.4) is 0 Å². The van der Waals surface area contributed by atoms with Gasteiger partial charge < -0.3 is 49.3 Å². The van der Waals surface area contributed by atoms with Gasteiger partial charge in [0.1, 0.15) is 6.10 Å². The predicted molar refractivity (Wildman–Crippen MR) is 125 cm³/mol. The van der Waals surface area contributed by atoms with Gasteiger partial charge in [-0.2, -0.15) is 9.97 Å². The van der Waals surface area contributed by atoms with E-state index in [0.717, 1.165) is 5.56 Å². The van der Waals surface area contributed by atoms with Crippen molar-refractivity contribution in [1.29, 1.82) is 0 Å². The Labute approximate surface area is 209 Å². The summed E-state index contributed by atoms with van der Waals surface area (Å²) >= 11 is 0. The Morgan fingerprint density at radius 1 is 1.16 bits per heavy atom. The van der Waals surface area contributed by atoms with Crippen LogP contribution in [0, 0.1) is 0 Å². The van der Waals surface area contributed by atoms with E-state index in [0.29, 0.717) is 6.54 Å². The first-order valence-corrected chi connectivity index (χ1v) is 14.2. The Bertz CT molecular complexity index is 1350. The molecule has 1 saturated heterocycles. The summed E-state index contributed by atoms with van der Waals surface area (Å²) in [6.45, 7) is -0.597. The number of benzene rings is 1. The third kappa shape index (κ3) is 6.16. The minimum absolute atomic E-state index is 0.0601. The van der Waals surface area contributed by atoms with Crippen LogP contribution in [0.1, 0.15) is 11.8 Å². The van der Waals surface area contributed by atoms with Gasteiger partial charge in [-0.15, -0.1) is 0 Å². The third-order valence-electron chi connectivity index (χ3n) is 5.43. The summed E-state index contributed by atoms with van der Waals surface area (Å²) in [6, 6.07) is 9.37. The molecule has 3 heterocycles. The van der Waals surface area contributed by atoms with Crippen molar-refractivity contribution in [1.82, 2.24) is 19.5 Å². The number of aromatic nitrogens is 4. The molecule has 4 rings (SSSR count). The fourth-order valence-corrected chi connectivity index (χ4v) is 6.22. The molecule has 0 spiro atoms. The van der Waals surface area contributed by atoms with E-state index in [2.05, 4.69) is 24.8 Å². The average Bonchev–Trinajstić information content (AvgIpc) is 3.33. The van der Waals surface area contributed by atoms with Crippen LogP contribution in [0.2, 0.25) is 0 Å². The molecule has 16 nitrogen and oxygen atoms in total. The van der Waals surface area contributed by atoms with Gasteiger partial charge in [0.05, 0.1) is 20.0 Å². The van der Waals surface area contributed by atoms with Crippen molar-refractivity contribution in [2.75, 3.05) is 24.9 Å². The lowest BCUT2D eigenvalue weighted by Gasteiger charge is -2.25. The van der Waals surface area contributed by atoms with E-state index in [-0.39, 0.29) is 23.0 Å². The molecule has 4 atom stereocenters. The maximum Gasteiger partial charge on any atom is 0.340 e. The highest BCUT2D eigenvalue weighted by atomic mass is 31.2. The number of nitrogens with one attached hydrogen (secondary N) is 1. The smallest absolute Gasteiger partial charge is 0.340 e. The maximum atomic E-state index is 11.9. The van der Waals surface area contributed by atoms with Gasteiger partial charge in [0.2, 0.25) is 5.79 Å². The molecule has 0 saturated carbocycles. The first-order valence-electron chi connectivity index (χ1n) is 10.7. The van der Waals surface area contributed by atoms with Crippen molar-refractivity contribution in [2.45, 2.75) is 30.8 Å². The number of hydrogen-bond donors (Lipinski definition) is 7. The van der Waals surface area contributed by atoms with Gasteiger partial charge in [0.25, 0.3) is 0 Å². The maximum absolute atomic E-state index is 11.9. The zero-order valence-corrected chi connectivity index (χ0v) is 21.0. The average molecular weight is 561 g/mol. The Hall–Kier alpha value is -2.49. The lowest BCUT2D eigenvalue weighted by molar-refractivity contribution is -0.234. The van der Waals surface area contributed by atoms with Gasteiger partial charge in [-0.25, -0.2) is 4.98 Å². The SMILES string of the molecule is COc1nc(NCc2ccccc2)c2ncn([C@@H]3O[C@H](COP(=O)(O)CP(=O)(O)O)C(O)(O)[C@H]3O)c2n1. The fourth-order valence-electron chi connectivity index (χ4n) is 3.66. The number of imidazole rings is 1. The van der Waals surface area contributed by atoms with Gasteiger partial charge in [-0.1, -0.05) is 30.3 Å². The Kier molecular flexibility index (Phi) is 7.70. The Balaban J connectivity index is 1.59. The van der Waals surface area contributed by atoms with Crippen LogP contribution in [0.15, 0.2) is 36.7 Å². The van der Waals surface area contributed by atoms with Crippen molar-refractivity contribution in [3.8, 4) is 6.01 Å². The Morgan fingerprint density at radius 2 is 1.86 bits per heavy atom. The quantitative estimate of drug-likeness (QED) is 0.124. The third-order valence-corrected chi connectivity index (χ3v) is 8.89. The highest BCUT2D eigenvalue weighted by Gasteiger charge is 2.56. The number of aliphatic hydroxyl groups is 3. The minimum atomic E-state index is -4.91. The summed E-state index contributed by atoms with van der Waals surface area (Å²) in [5.41, 5.74) is 1.30. The molecular weight excluding hydrogens is 536 g/mol. The number of hydrogen-bond acceptors (Lipinski definition) is 12. The summed E-state index contributed by atoms with van der Waals surface area (Å²) in [5.74, 6) is -4.17. The van der Waals surface area contributed by atoms with E-state index in [4.69, 9.17) is 19.3 Å². The second-order valence-corrected chi connectivity index (χ2v) is 12.2. The van der Waals surface area contributed by atoms with E-state index in [1.807, 2.05) is 30.3 Å². The van der Waals surface area contributed by atoms with Crippen molar-refractivity contribution in [3.63, 3.8) is 0 Å². The molecule has 0 radical (unpaired) electrons. The molecular formula is C19H25N5O11P2. The van der Waals surface area contributed by atoms with Gasteiger partial charge >= 0.3 is 21.2 Å². The number of aliphatic hydroxyl groups excluding tert-OH is 1. The molecule has 1 aliphatic heterocycles. The van der Waals surface area contributed by atoms with Crippen molar-refractivity contribution >= 4 is 32.2 Å². The summed E-state index contributed by atoms with van der Waals surface area (Å²) < 4.78 is 39.5. The number of methoxy groups -OCH3 is 1. The second kappa shape index (κ2) is 10.3. The molecule has 37 heavy (non-hydrogen) atoms. The number of fused-ring (bicyclic) bond motifs is 1. The van der Waals surface area contributed by atoms with Crippen molar-refractivity contribution in [2.24, 2.45) is 0 Å². The Morgan fingerprint density at radius 3 is 2.51 bits per heavy atom. The molecule has 1 unspecified atom stereocenters. The van der Waals surface area contributed by atoms with Gasteiger partial charge in [0, 0.05) is 6.54 Å². The van der Waals surface area contributed by atoms with E-state index < -0.39 is 51.9 Å². The van der Waals surface area contributed by atoms with Crippen molar-refractivity contribution < 1.29 is 53.1 Å². The fraction of sp³-hybridized carbons (Fsp3) is 0.421. The molecule has 0 bridgehead atoms. The zero-order valence-electron chi connectivity index (χ0n) is 19.2. The van der Waals surface area contributed by atoms with E-state index in [9.17, 15) is 29.3 Å². The minimum Gasteiger partial charge on any atom is -0.467 e. The molecule has 1 aliphatic rings. The van der Waals surface area contributed by atoms with Gasteiger partial charge in [-0.3, -0.25) is 13.7 Å². The highest BCUT2D eigenvalue weighted by molar-refractivity contribution is 7.70. The van der Waals surface area contributed by atoms with Crippen LogP contribution >= 0.6 is 15.2 Å². The predicted octanol–water partition coefficient (Wildman–Crippen LogP) is -0.277. The first kappa shape index (κ1) is 27.5. The van der Waals surface area contributed by atoms with Gasteiger partial charge in [0.15, 0.2) is 35.2 Å². The standard InChI is InChI=1S/C19H25N5O11P2/c1-33-18-22-15(20-7-11-5-3-2-4-6-11)13-16(23-18)24(9-21-13)17-14(25)19(26,27)12(35-17)8-34-37(31,32)10-36(28,29)30/h2-6,9,12,14,17,25-27H,7-8,10H2,1H3,(H,31,32)(H,20,22,23)(H2,28,29,30)/t12-,14+,17-/m1/s1. The van der Waals surface area contributed by atoms with Crippen LogP contribution in [0.25, 0.3) is 11.2 Å². The zero-order chi connectivity index (χ0) is 27.0. The largest absolute Gasteiger partial charge is 0.467 e. The summed E-state index contributed by atoms with van der Waals surface area (Å²) in [5, 5.41) is 34.6. The molecule has 1 fully saturated rings. The van der Waals surface area contributed by atoms with E-state index in [1.165, 1.54) is 18.0 Å². The van der Waals surface area contributed by atoms with Crippen LogP contribution in [-0.4, -0.2) is 87.1 Å². The molecule has 202 valence electrons. The molecule has 3 aromatic rings. The van der Waals surface area contributed by atoms with Crippen LogP contribution < -0.4 is 10.1 Å². The molecule has 18 heteroatoms. The van der Waals surface area contributed by atoms with Crippen LogP contribution in [-0.2, 0) is 24.9 Å². The number of nitrogens with zero attached hydrogens (tertiary/aromatic N) is 4. The second-order valence-electron chi connectivity index (χ2n) is 8.20. The lowest BCUT2D eigenvalue weighted by atomic mass is 10.1. The van der Waals surface area contributed by atoms with Crippen LogP contribution in [0.5, 0.6) is 6.01 Å². The number of anilines is 1. The summed E-state index contributed by atoms with van der Waals surface area (Å²) in [4.78, 5) is 40.2. The molecule has 7 N–H and O–H groups in total. The number of ether oxygens (including phenoxy) is 2. The highest BCUT2D eigenvalue weighted by Crippen LogP contribution is 2.55. The molecule has 2 aromatic heterocycles. The molecule has 0 amide bonds. The monoisotopic (exact) mass is 561 g/mol. The molecule has 1 aromatic carbocycles. The summed E-state index contributed by atoms with van der Waals surface area (Å²) in [7, 11) is -8.39. The van der Waals surface area contributed by atoms with Crippen molar-refractivity contribution in [3.05, 3.63) is 42.2 Å². The van der Waals surface area contributed by atoms with E-state index >= 15 is 0 Å². The number of rotatable bonds is 10. The van der Waals surface area contributed by atoms with E-state index in [1.54, 1.807) is 0 Å². The topological polar surface area (TPSA) is 239 Å². The lowest BCUT2D eigenvalue weighted by Crippen LogP contribution is -2.49. The summed E-state index contributed by atoms with van der Waals surface area (Å²) in [6.07, 6.45) is -4.10. The van der Waals surface area contributed by atoms with Crippen LogP contribution in [0.4, 0.5) is 5.82 Å². The normalized spacial score (nSPS) is 23.2. The first-order chi connectivity index (χ1) is 17.3.